The first-order chi connectivity index (χ1) is 11.0. The fourth-order valence-electron chi connectivity index (χ4n) is 3.57. The lowest BCUT2D eigenvalue weighted by Crippen LogP contribution is -2.43. The van der Waals surface area contributed by atoms with E-state index in [-0.39, 0.29) is 17.9 Å². The third-order valence-corrected chi connectivity index (χ3v) is 5.16. The van der Waals surface area contributed by atoms with Crippen LogP contribution >= 0.6 is 0 Å². The number of carbonyl (C=O) groups is 1. The van der Waals surface area contributed by atoms with Gasteiger partial charge in [-0.15, -0.1) is 0 Å². The van der Waals surface area contributed by atoms with E-state index in [1.54, 1.807) is 0 Å². The minimum absolute atomic E-state index is 0.0128. The lowest BCUT2D eigenvalue weighted by atomic mass is 9.86. The van der Waals surface area contributed by atoms with E-state index in [9.17, 15) is 4.79 Å². The van der Waals surface area contributed by atoms with Crippen LogP contribution in [0.5, 0.6) is 0 Å². The summed E-state index contributed by atoms with van der Waals surface area (Å²) < 4.78 is 0. The molecular weight excluding hydrogens is 284 g/mol. The van der Waals surface area contributed by atoms with Crippen LogP contribution in [0.3, 0.4) is 0 Å². The zero-order chi connectivity index (χ0) is 16.8. The highest BCUT2D eigenvalue weighted by atomic mass is 16.1. The summed E-state index contributed by atoms with van der Waals surface area (Å²) in [5.41, 5.74) is 1.26. The van der Waals surface area contributed by atoms with Crippen molar-refractivity contribution in [2.45, 2.75) is 52.1 Å². The highest BCUT2D eigenvalue weighted by molar-refractivity contribution is 5.79. The Morgan fingerprint density at radius 3 is 2.70 bits per heavy atom. The first kappa shape index (κ1) is 17.6. The summed E-state index contributed by atoms with van der Waals surface area (Å²) in [6.45, 7) is 11.3. The van der Waals surface area contributed by atoms with Gasteiger partial charge in [0.2, 0.25) is 5.91 Å². The molecule has 1 heterocycles. The van der Waals surface area contributed by atoms with Gasteiger partial charge in [-0.3, -0.25) is 4.79 Å². The van der Waals surface area contributed by atoms with E-state index in [2.05, 4.69) is 49.7 Å². The second-order valence-electron chi connectivity index (χ2n) is 6.88. The van der Waals surface area contributed by atoms with Gasteiger partial charge in [-0.05, 0) is 43.9 Å². The molecule has 3 heteroatoms. The SMILES string of the molecule is C=CN1CCCC1C(C)C(C)C(=O)NC(C)Cc1ccccc1. The van der Waals surface area contributed by atoms with Gasteiger partial charge in [-0.2, -0.15) is 0 Å². The maximum Gasteiger partial charge on any atom is 0.223 e. The van der Waals surface area contributed by atoms with Crippen molar-refractivity contribution >= 4 is 5.91 Å². The van der Waals surface area contributed by atoms with Crippen molar-refractivity contribution in [2.24, 2.45) is 11.8 Å². The number of hydrogen-bond donors (Lipinski definition) is 1. The smallest absolute Gasteiger partial charge is 0.223 e. The Morgan fingerprint density at radius 1 is 1.35 bits per heavy atom. The number of likely N-dealkylation sites (tertiary alicyclic amines) is 1. The molecule has 1 N–H and O–H groups in total. The van der Waals surface area contributed by atoms with E-state index in [0.717, 1.165) is 19.4 Å². The van der Waals surface area contributed by atoms with E-state index in [0.29, 0.717) is 12.0 Å². The van der Waals surface area contributed by atoms with Crippen molar-refractivity contribution in [2.75, 3.05) is 6.54 Å². The molecular formula is C20H30N2O. The predicted octanol–water partition coefficient (Wildman–Crippen LogP) is 3.61. The largest absolute Gasteiger partial charge is 0.375 e. The van der Waals surface area contributed by atoms with Gasteiger partial charge in [0.05, 0.1) is 0 Å². The lowest BCUT2D eigenvalue weighted by molar-refractivity contribution is -0.127. The van der Waals surface area contributed by atoms with Crippen LogP contribution < -0.4 is 5.32 Å². The maximum atomic E-state index is 12.6. The Morgan fingerprint density at radius 2 is 2.04 bits per heavy atom. The lowest BCUT2D eigenvalue weighted by Gasteiger charge is -2.32. The van der Waals surface area contributed by atoms with E-state index in [1.165, 1.54) is 12.0 Å². The van der Waals surface area contributed by atoms with Crippen LogP contribution in [0, 0.1) is 11.8 Å². The molecule has 126 valence electrons. The van der Waals surface area contributed by atoms with Crippen molar-refractivity contribution in [3.63, 3.8) is 0 Å². The average molecular weight is 314 g/mol. The van der Waals surface area contributed by atoms with Crippen LogP contribution in [-0.4, -0.2) is 29.4 Å². The summed E-state index contributed by atoms with van der Waals surface area (Å²) in [7, 11) is 0. The number of nitrogens with zero attached hydrogens (tertiary/aromatic N) is 1. The van der Waals surface area contributed by atoms with Crippen LogP contribution in [0.15, 0.2) is 43.1 Å². The van der Waals surface area contributed by atoms with E-state index < -0.39 is 0 Å². The summed E-state index contributed by atoms with van der Waals surface area (Å²) in [6, 6.07) is 10.9. The Labute approximate surface area is 140 Å². The fraction of sp³-hybridized carbons (Fsp3) is 0.550. The molecule has 1 aromatic rings. The molecule has 4 atom stereocenters. The normalized spacial score (nSPS) is 21.5. The predicted molar refractivity (Wildman–Crippen MR) is 96.0 cm³/mol. The zero-order valence-electron chi connectivity index (χ0n) is 14.7. The van der Waals surface area contributed by atoms with Crippen LogP contribution in [-0.2, 0) is 11.2 Å². The fourth-order valence-corrected chi connectivity index (χ4v) is 3.57. The van der Waals surface area contributed by atoms with Crippen LogP contribution in [0.2, 0.25) is 0 Å². The molecule has 1 aliphatic heterocycles. The molecule has 1 saturated heterocycles. The molecule has 23 heavy (non-hydrogen) atoms. The van der Waals surface area contributed by atoms with Gasteiger partial charge in [0, 0.05) is 24.5 Å². The quantitative estimate of drug-likeness (QED) is 0.834. The molecule has 0 aromatic heterocycles. The Bertz CT molecular complexity index is 514. The Kier molecular flexibility index (Phi) is 6.26. The van der Waals surface area contributed by atoms with Gasteiger partial charge in [0.25, 0.3) is 0 Å². The van der Waals surface area contributed by atoms with Crippen molar-refractivity contribution < 1.29 is 4.79 Å². The minimum Gasteiger partial charge on any atom is -0.375 e. The highest BCUT2D eigenvalue weighted by Crippen LogP contribution is 2.29. The Balaban J connectivity index is 1.87. The molecule has 0 bridgehead atoms. The van der Waals surface area contributed by atoms with Crippen molar-refractivity contribution in [1.82, 2.24) is 10.2 Å². The highest BCUT2D eigenvalue weighted by Gasteiger charge is 2.33. The maximum absolute atomic E-state index is 12.6. The number of amides is 1. The van der Waals surface area contributed by atoms with Gasteiger partial charge in [-0.25, -0.2) is 0 Å². The molecule has 0 saturated carbocycles. The molecule has 1 amide bonds. The number of nitrogens with one attached hydrogen (secondary N) is 1. The standard InChI is InChI=1S/C20H30N2O/c1-5-22-13-9-12-19(22)16(3)17(4)20(23)21-15(2)14-18-10-7-6-8-11-18/h5-8,10-11,15-17,19H,1,9,12-14H2,2-4H3,(H,21,23). The monoisotopic (exact) mass is 314 g/mol. The number of rotatable bonds is 7. The van der Waals surface area contributed by atoms with Gasteiger partial charge in [0.15, 0.2) is 0 Å². The second kappa shape index (κ2) is 8.19. The summed E-state index contributed by atoms with van der Waals surface area (Å²) in [4.78, 5) is 14.9. The molecule has 0 spiro atoms. The topological polar surface area (TPSA) is 32.3 Å². The third kappa shape index (κ3) is 4.60. The second-order valence-corrected chi connectivity index (χ2v) is 6.88. The van der Waals surface area contributed by atoms with Crippen LogP contribution in [0.4, 0.5) is 0 Å². The van der Waals surface area contributed by atoms with Gasteiger partial charge < -0.3 is 10.2 Å². The van der Waals surface area contributed by atoms with Gasteiger partial charge in [-0.1, -0.05) is 50.8 Å². The number of benzene rings is 1. The van der Waals surface area contributed by atoms with Crippen molar-refractivity contribution in [3.8, 4) is 0 Å². The first-order valence-electron chi connectivity index (χ1n) is 8.75. The number of hydrogen-bond acceptors (Lipinski definition) is 2. The van der Waals surface area contributed by atoms with E-state index >= 15 is 0 Å². The molecule has 2 rings (SSSR count). The molecule has 1 fully saturated rings. The minimum atomic E-state index is 0.0128. The molecule has 0 aliphatic carbocycles. The average Bonchev–Trinajstić information content (AvgIpc) is 3.02. The van der Waals surface area contributed by atoms with Gasteiger partial charge in [0.1, 0.15) is 0 Å². The first-order valence-corrected chi connectivity index (χ1v) is 8.75. The van der Waals surface area contributed by atoms with Gasteiger partial charge >= 0.3 is 0 Å². The third-order valence-electron chi connectivity index (χ3n) is 5.16. The number of carbonyl (C=O) groups excluding carboxylic acids is 1. The van der Waals surface area contributed by atoms with E-state index in [4.69, 9.17) is 0 Å². The van der Waals surface area contributed by atoms with Crippen LogP contribution in [0.1, 0.15) is 39.2 Å². The van der Waals surface area contributed by atoms with Crippen molar-refractivity contribution in [1.29, 1.82) is 0 Å². The molecule has 0 radical (unpaired) electrons. The Hall–Kier alpha value is -1.77. The molecule has 3 nitrogen and oxygen atoms in total. The van der Waals surface area contributed by atoms with E-state index in [1.807, 2.05) is 24.4 Å². The zero-order valence-corrected chi connectivity index (χ0v) is 14.7. The summed E-state index contributed by atoms with van der Waals surface area (Å²) >= 11 is 0. The molecule has 1 aliphatic rings. The summed E-state index contributed by atoms with van der Waals surface area (Å²) in [5.74, 6) is 0.509. The summed E-state index contributed by atoms with van der Waals surface area (Å²) in [5, 5.41) is 3.18. The van der Waals surface area contributed by atoms with Crippen molar-refractivity contribution in [3.05, 3.63) is 48.7 Å². The summed E-state index contributed by atoms with van der Waals surface area (Å²) in [6.07, 6.45) is 5.15. The molecule has 1 aromatic carbocycles. The van der Waals surface area contributed by atoms with Crippen LogP contribution in [0.25, 0.3) is 0 Å². The molecule has 4 unspecified atom stereocenters.